The Morgan fingerprint density at radius 1 is 0.567 bits per heavy atom. The molecule has 0 saturated carbocycles. The molecule has 0 saturated heterocycles. The van der Waals surface area contributed by atoms with Gasteiger partial charge in [0.25, 0.3) is 0 Å². The van der Waals surface area contributed by atoms with E-state index in [-0.39, 0.29) is 0 Å². The van der Waals surface area contributed by atoms with Crippen LogP contribution >= 0.6 is 0 Å². The quantitative estimate of drug-likeness (QED) is 0.248. The summed E-state index contributed by atoms with van der Waals surface area (Å²) in [5, 5.41) is 0. The van der Waals surface area contributed by atoms with Crippen LogP contribution in [0.15, 0.2) is 0 Å². The molecule has 0 aromatic rings. The first-order valence-corrected chi connectivity index (χ1v) is 15.1. The fourth-order valence-electron chi connectivity index (χ4n) is 4.34. The minimum Gasteiger partial charge on any atom is -0.398 e. The summed E-state index contributed by atoms with van der Waals surface area (Å²) >= 11 is 0. The molecule has 0 atom stereocenters. The third kappa shape index (κ3) is 11.1. The molecule has 6 heteroatoms. The van der Waals surface area contributed by atoms with Crippen LogP contribution in [0.1, 0.15) is 67.2 Å². The van der Waals surface area contributed by atoms with Gasteiger partial charge in [-0.3, -0.25) is 0 Å². The van der Waals surface area contributed by atoms with E-state index in [1.807, 2.05) is 14.2 Å². The van der Waals surface area contributed by atoms with Gasteiger partial charge in [0.15, 0.2) is 0 Å². The number of nitrogens with zero attached hydrogens (tertiary/aromatic N) is 3. The maximum absolute atomic E-state index is 5.87. The first-order valence-electron chi connectivity index (χ1n) is 12.6. The average molecular weight is 446 g/mol. The van der Waals surface area contributed by atoms with Crippen LogP contribution in [0, 0.1) is 5.41 Å². The largest absolute Gasteiger partial charge is 0.398 e. The van der Waals surface area contributed by atoms with Gasteiger partial charge in [-0.15, -0.1) is 0 Å². The SMILES string of the molecule is CCN(CC)CCC(CCN(CC)CC)(CCN(CC)CC)CC[Si](C)(OC)OC. The Balaban J connectivity index is 5.62. The van der Waals surface area contributed by atoms with Crippen LogP contribution in [0.3, 0.4) is 0 Å². The maximum atomic E-state index is 5.87. The van der Waals surface area contributed by atoms with Crippen molar-refractivity contribution in [1.82, 2.24) is 14.7 Å². The predicted octanol–water partition coefficient (Wildman–Crippen LogP) is 4.92. The minimum atomic E-state index is -2.07. The van der Waals surface area contributed by atoms with Gasteiger partial charge in [0.05, 0.1) is 0 Å². The monoisotopic (exact) mass is 445 g/mol. The second kappa shape index (κ2) is 16.6. The summed E-state index contributed by atoms with van der Waals surface area (Å²) < 4.78 is 11.7. The first kappa shape index (κ1) is 30.0. The van der Waals surface area contributed by atoms with Gasteiger partial charge in [0, 0.05) is 14.2 Å². The second-order valence-electron chi connectivity index (χ2n) is 8.87. The fraction of sp³-hybridized carbons (Fsp3) is 1.00. The van der Waals surface area contributed by atoms with Crippen LogP contribution in [0.4, 0.5) is 0 Å². The molecule has 0 spiro atoms. The van der Waals surface area contributed by atoms with Gasteiger partial charge < -0.3 is 23.6 Å². The van der Waals surface area contributed by atoms with Gasteiger partial charge >= 0.3 is 8.56 Å². The van der Waals surface area contributed by atoms with Crippen LogP contribution in [-0.4, -0.2) is 96.4 Å². The van der Waals surface area contributed by atoms with Crippen LogP contribution in [0.5, 0.6) is 0 Å². The van der Waals surface area contributed by atoms with E-state index in [1.54, 1.807) is 0 Å². The third-order valence-corrected chi connectivity index (χ3v) is 10.4. The standard InChI is InChI=1S/C24H55N3O2Si/c1-10-25(11-2)20-16-24(17-21-26(12-3)13-4,18-22-27(14-5)15-6)19-23-30(9,28-7)29-8/h10-23H2,1-9H3. The molecule has 5 nitrogen and oxygen atoms in total. The summed E-state index contributed by atoms with van der Waals surface area (Å²) in [6.45, 7) is 26.4. The highest BCUT2D eigenvalue weighted by atomic mass is 28.4. The number of rotatable bonds is 20. The third-order valence-electron chi connectivity index (χ3n) is 7.53. The normalized spacial score (nSPS) is 13.2. The molecule has 0 aromatic carbocycles. The van der Waals surface area contributed by atoms with E-state index in [1.165, 1.54) is 45.3 Å². The molecule has 0 radical (unpaired) electrons. The number of hydrogen-bond donors (Lipinski definition) is 0. The van der Waals surface area contributed by atoms with Crippen molar-refractivity contribution < 1.29 is 8.85 Å². The zero-order chi connectivity index (χ0) is 23.0. The predicted molar refractivity (Wildman–Crippen MR) is 135 cm³/mol. The van der Waals surface area contributed by atoms with Crippen molar-refractivity contribution in [3.8, 4) is 0 Å². The van der Waals surface area contributed by atoms with Crippen molar-refractivity contribution in [3.05, 3.63) is 0 Å². The van der Waals surface area contributed by atoms with E-state index in [9.17, 15) is 0 Å². The smallest absolute Gasteiger partial charge is 0.334 e. The summed E-state index contributed by atoms with van der Waals surface area (Å²) in [7, 11) is 1.60. The van der Waals surface area contributed by atoms with E-state index in [0.29, 0.717) is 5.41 Å². The van der Waals surface area contributed by atoms with E-state index < -0.39 is 8.56 Å². The van der Waals surface area contributed by atoms with Crippen molar-refractivity contribution in [1.29, 1.82) is 0 Å². The van der Waals surface area contributed by atoms with Gasteiger partial charge in [-0.2, -0.15) is 0 Å². The Hall–Kier alpha value is 0.0169. The molecule has 0 N–H and O–H groups in total. The lowest BCUT2D eigenvalue weighted by Crippen LogP contribution is -2.41. The van der Waals surface area contributed by atoms with Crippen LogP contribution in [-0.2, 0) is 8.85 Å². The highest BCUT2D eigenvalue weighted by Crippen LogP contribution is 2.39. The average Bonchev–Trinajstić information content (AvgIpc) is 2.79. The summed E-state index contributed by atoms with van der Waals surface area (Å²) in [5.74, 6) is 0. The van der Waals surface area contributed by atoms with Crippen molar-refractivity contribution in [3.63, 3.8) is 0 Å². The van der Waals surface area contributed by atoms with Crippen molar-refractivity contribution in [2.45, 2.75) is 79.8 Å². The highest BCUT2D eigenvalue weighted by Gasteiger charge is 2.36. The fourth-order valence-corrected chi connectivity index (χ4v) is 5.89. The minimum absolute atomic E-state index is 0.346. The molecule has 0 heterocycles. The van der Waals surface area contributed by atoms with Gasteiger partial charge in [-0.25, -0.2) is 0 Å². The summed E-state index contributed by atoms with van der Waals surface area (Å²) in [6, 6.07) is 1.08. The molecule has 0 amide bonds. The lowest BCUT2D eigenvalue weighted by atomic mass is 9.75. The van der Waals surface area contributed by atoms with E-state index in [2.05, 4.69) is 62.8 Å². The maximum Gasteiger partial charge on any atom is 0.334 e. The molecule has 0 bridgehead atoms. The van der Waals surface area contributed by atoms with Gasteiger partial charge in [0.1, 0.15) is 0 Å². The van der Waals surface area contributed by atoms with Crippen LogP contribution in [0.2, 0.25) is 12.6 Å². The zero-order valence-electron chi connectivity index (χ0n) is 22.1. The zero-order valence-corrected chi connectivity index (χ0v) is 23.1. The van der Waals surface area contributed by atoms with Gasteiger partial charge in [0.2, 0.25) is 0 Å². The molecule has 0 aliphatic rings. The number of hydrogen-bond acceptors (Lipinski definition) is 5. The molecule has 0 rings (SSSR count). The van der Waals surface area contributed by atoms with Crippen LogP contribution in [0.25, 0.3) is 0 Å². The van der Waals surface area contributed by atoms with Gasteiger partial charge in [-0.05, 0) is 103 Å². The molecular formula is C24H55N3O2Si. The van der Waals surface area contributed by atoms with Gasteiger partial charge in [-0.1, -0.05) is 41.5 Å². The molecule has 0 fully saturated rings. The Morgan fingerprint density at radius 3 is 1.10 bits per heavy atom. The van der Waals surface area contributed by atoms with Crippen LogP contribution < -0.4 is 0 Å². The first-order chi connectivity index (χ1) is 14.3. The Labute approximate surface area is 190 Å². The van der Waals surface area contributed by atoms with Crippen molar-refractivity contribution in [2.24, 2.45) is 5.41 Å². The lowest BCUT2D eigenvalue weighted by Gasteiger charge is -2.40. The Bertz CT molecular complexity index is 355. The summed E-state index contributed by atoms with van der Waals surface area (Å²) in [5.41, 5.74) is 0.346. The molecule has 0 unspecified atom stereocenters. The van der Waals surface area contributed by atoms with E-state index in [4.69, 9.17) is 8.85 Å². The molecule has 0 aromatic heterocycles. The topological polar surface area (TPSA) is 28.2 Å². The Morgan fingerprint density at radius 2 is 0.867 bits per heavy atom. The molecule has 0 aliphatic heterocycles. The van der Waals surface area contributed by atoms with Crippen molar-refractivity contribution >= 4 is 8.56 Å². The molecule has 0 aliphatic carbocycles. The molecule has 30 heavy (non-hydrogen) atoms. The Kier molecular flexibility index (Phi) is 16.6. The lowest BCUT2D eigenvalue weighted by molar-refractivity contribution is 0.119. The van der Waals surface area contributed by atoms with E-state index in [0.717, 1.165) is 45.3 Å². The second-order valence-corrected chi connectivity index (χ2v) is 12.5. The van der Waals surface area contributed by atoms with E-state index >= 15 is 0 Å². The summed E-state index contributed by atoms with van der Waals surface area (Å²) in [4.78, 5) is 7.77. The highest BCUT2D eigenvalue weighted by molar-refractivity contribution is 6.65. The molecule has 182 valence electrons. The van der Waals surface area contributed by atoms with Crippen molar-refractivity contribution in [2.75, 3.05) is 73.1 Å². The summed E-state index contributed by atoms with van der Waals surface area (Å²) in [6.07, 6.45) is 5.03. The molecular weight excluding hydrogens is 390 g/mol.